The van der Waals surface area contributed by atoms with Crippen LogP contribution in [0.25, 0.3) is 0 Å². The molecule has 0 heterocycles. The Morgan fingerprint density at radius 1 is 0.462 bits per heavy atom. The van der Waals surface area contributed by atoms with Crippen LogP contribution in [0.4, 0.5) is 0 Å². The second-order valence-corrected chi connectivity index (χ2v) is 12.4. The third-order valence-electron chi connectivity index (χ3n) is 8.30. The molecule has 0 aliphatic carbocycles. The number of hydrogen-bond acceptors (Lipinski definition) is 3. The van der Waals surface area contributed by atoms with E-state index in [1.54, 1.807) is 0 Å². The molecular formula is C36H72O3. The van der Waals surface area contributed by atoms with Gasteiger partial charge in [-0.2, -0.15) is 0 Å². The molecule has 0 saturated heterocycles. The lowest BCUT2D eigenvalue weighted by molar-refractivity contribution is -0.146. The molecule has 1 atom stereocenters. The minimum absolute atomic E-state index is 0.164. The number of hydrogen-bond donors (Lipinski definition) is 1. The Morgan fingerprint density at radius 3 is 1.08 bits per heavy atom. The summed E-state index contributed by atoms with van der Waals surface area (Å²) in [5.41, 5.74) is 0. The first-order chi connectivity index (χ1) is 19.2. The molecule has 0 aliphatic heterocycles. The van der Waals surface area contributed by atoms with Crippen molar-refractivity contribution in [3.05, 3.63) is 0 Å². The molecule has 0 aromatic heterocycles. The van der Waals surface area contributed by atoms with E-state index in [0.29, 0.717) is 6.61 Å². The van der Waals surface area contributed by atoms with Gasteiger partial charge in [0.15, 0.2) is 0 Å². The molecule has 39 heavy (non-hydrogen) atoms. The third kappa shape index (κ3) is 33.5. The first-order valence-corrected chi connectivity index (χ1v) is 18.0. The van der Waals surface area contributed by atoms with E-state index in [1.165, 1.54) is 167 Å². The average molecular weight is 553 g/mol. The number of ether oxygens (including phenoxy) is 1. The summed E-state index contributed by atoms with van der Waals surface area (Å²) < 4.78 is 5.35. The van der Waals surface area contributed by atoms with Gasteiger partial charge >= 0.3 is 5.97 Å². The fraction of sp³-hybridized carbons (Fsp3) is 0.972. The van der Waals surface area contributed by atoms with Crippen LogP contribution in [0, 0.1) is 0 Å². The van der Waals surface area contributed by atoms with Crippen LogP contribution in [0.2, 0.25) is 0 Å². The zero-order chi connectivity index (χ0) is 28.5. The molecule has 0 amide bonds. The zero-order valence-electron chi connectivity index (χ0n) is 27.0. The first-order valence-electron chi connectivity index (χ1n) is 18.0. The maximum Gasteiger partial charge on any atom is 0.308 e. The summed E-state index contributed by atoms with van der Waals surface area (Å²) in [5.74, 6) is -0.224. The average Bonchev–Trinajstić information content (AvgIpc) is 2.93. The molecule has 234 valence electrons. The van der Waals surface area contributed by atoms with Gasteiger partial charge in [0.1, 0.15) is 0 Å². The van der Waals surface area contributed by atoms with E-state index in [4.69, 9.17) is 4.74 Å². The SMILES string of the molecule is CCCCCCCCCCCCCCCCCC(O)CC(=O)OCCCCCCCCCCCCCCCC. The van der Waals surface area contributed by atoms with Gasteiger partial charge < -0.3 is 9.84 Å². The van der Waals surface area contributed by atoms with Crippen molar-refractivity contribution in [3.63, 3.8) is 0 Å². The maximum absolute atomic E-state index is 12.0. The van der Waals surface area contributed by atoms with Crippen LogP contribution in [-0.2, 0) is 9.53 Å². The number of aliphatic hydroxyl groups excluding tert-OH is 1. The molecule has 3 nitrogen and oxygen atoms in total. The Morgan fingerprint density at radius 2 is 0.744 bits per heavy atom. The summed E-state index contributed by atoms with van der Waals surface area (Å²) in [6.07, 6.45) is 39.2. The van der Waals surface area contributed by atoms with Crippen molar-refractivity contribution in [2.75, 3.05) is 6.61 Å². The van der Waals surface area contributed by atoms with E-state index in [2.05, 4.69) is 13.8 Å². The topological polar surface area (TPSA) is 46.5 Å². The number of aliphatic hydroxyl groups is 1. The van der Waals surface area contributed by atoms with Gasteiger partial charge in [-0.3, -0.25) is 4.79 Å². The van der Waals surface area contributed by atoms with E-state index in [9.17, 15) is 9.90 Å². The van der Waals surface area contributed by atoms with E-state index in [0.717, 1.165) is 25.7 Å². The highest BCUT2D eigenvalue weighted by atomic mass is 16.5. The molecular weight excluding hydrogens is 480 g/mol. The highest BCUT2D eigenvalue weighted by Gasteiger charge is 2.11. The van der Waals surface area contributed by atoms with Gasteiger partial charge in [0.05, 0.1) is 19.1 Å². The first kappa shape index (κ1) is 38.4. The highest BCUT2D eigenvalue weighted by Crippen LogP contribution is 2.15. The lowest BCUT2D eigenvalue weighted by atomic mass is 10.0. The predicted octanol–water partition coefficient (Wildman–Crippen LogP) is 12.0. The zero-order valence-corrected chi connectivity index (χ0v) is 27.0. The second-order valence-electron chi connectivity index (χ2n) is 12.4. The Hall–Kier alpha value is -0.570. The van der Waals surface area contributed by atoms with Crippen molar-refractivity contribution in [2.24, 2.45) is 0 Å². The normalized spacial score (nSPS) is 12.2. The summed E-state index contributed by atoms with van der Waals surface area (Å²) >= 11 is 0. The van der Waals surface area contributed by atoms with Crippen LogP contribution in [0.15, 0.2) is 0 Å². The summed E-state index contributed by atoms with van der Waals surface area (Å²) in [6, 6.07) is 0. The Kier molecular flexibility index (Phi) is 33.1. The van der Waals surface area contributed by atoms with Gasteiger partial charge in [-0.15, -0.1) is 0 Å². The van der Waals surface area contributed by atoms with Crippen LogP contribution < -0.4 is 0 Å². The summed E-state index contributed by atoms with van der Waals surface area (Å²) in [4.78, 5) is 12.0. The van der Waals surface area contributed by atoms with E-state index >= 15 is 0 Å². The third-order valence-corrected chi connectivity index (χ3v) is 8.30. The Labute approximate surface area is 246 Å². The number of unbranched alkanes of at least 4 members (excludes halogenated alkanes) is 27. The molecule has 0 aliphatic rings. The standard InChI is InChI=1S/C36H72O3/c1-3-5-7-9-11-13-15-17-19-20-22-24-26-28-30-32-35(37)34-36(38)39-33-31-29-27-25-23-21-18-16-14-12-10-8-6-4-2/h35,37H,3-34H2,1-2H3. The number of carbonyl (C=O) groups is 1. The van der Waals surface area contributed by atoms with E-state index < -0.39 is 6.10 Å². The van der Waals surface area contributed by atoms with Gasteiger partial charge in [0.25, 0.3) is 0 Å². The van der Waals surface area contributed by atoms with Crippen LogP contribution in [0.3, 0.4) is 0 Å². The summed E-state index contributed by atoms with van der Waals surface area (Å²) in [7, 11) is 0. The number of esters is 1. The van der Waals surface area contributed by atoms with E-state index in [-0.39, 0.29) is 12.4 Å². The second kappa shape index (κ2) is 33.6. The molecule has 0 bridgehead atoms. The van der Waals surface area contributed by atoms with Gasteiger partial charge in [0.2, 0.25) is 0 Å². The van der Waals surface area contributed by atoms with Crippen molar-refractivity contribution in [2.45, 2.75) is 219 Å². The van der Waals surface area contributed by atoms with Crippen molar-refractivity contribution in [3.8, 4) is 0 Å². The predicted molar refractivity (Wildman–Crippen MR) is 171 cm³/mol. The minimum Gasteiger partial charge on any atom is -0.466 e. The molecule has 1 N–H and O–H groups in total. The van der Waals surface area contributed by atoms with Crippen molar-refractivity contribution in [1.29, 1.82) is 0 Å². The van der Waals surface area contributed by atoms with Crippen molar-refractivity contribution >= 4 is 5.97 Å². The maximum atomic E-state index is 12.0. The molecule has 1 unspecified atom stereocenters. The van der Waals surface area contributed by atoms with Crippen LogP contribution in [0.5, 0.6) is 0 Å². The smallest absolute Gasteiger partial charge is 0.308 e. The fourth-order valence-electron chi connectivity index (χ4n) is 5.59. The van der Waals surface area contributed by atoms with Crippen molar-refractivity contribution in [1.82, 2.24) is 0 Å². The van der Waals surface area contributed by atoms with Gasteiger partial charge in [-0.25, -0.2) is 0 Å². The number of carbonyl (C=O) groups excluding carboxylic acids is 1. The van der Waals surface area contributed by atoms with Gasteiger partial charge in [-0.05, 0) is 12.8 Å². The lowest BCUT2D eigenvalue weighted by Crippen LogP contribution is -2.16. The van der Waals surface area contributed by atoms with Crippen LogP contribution in [0.1, 0.15) is 213 Å². The van der Waals surface area contributed by atoms with Crippen LogP contribution >= 0.6 is 0 Å². The quantitative estimate of drug-likeness (QED) is 0.0650. The monoisotopic (exact) mass is 553 g/mol. The molecule has 0 rings (SSSR count). The van der Waals surface area contributed by atoms with Gasteiger partial charge in [0, 0.05) is 0 Å². The highest BCUT2D eigenvalue weighted by molar-refractivity contribution is 5.69. The summed E-state index contributed by atoms with van der Waals surface area (Å²) in [6.45, 7) is 5.08. The van der Waals surface area contributed by atoms with E-state index in [1.807, 2.05) is 0 Å². The lowest BCUT2D eigenvalue weighted by Gasteiger charge is -2.10. The molecule has 0 aromatic carbocycles. The fourth-order valence-corrected chi connectivity index (χ4v) is 5.59. The van der Waals surface area contributed by atoms with Gasteiger partial charge in [-0.1, -0.05) is 194 Å². The van der Waals surface area contributed by atoms with Crippen LogP contribution in [-0.4, -0.2) is 23.8 Å². The Balaban J connectivity index is 3.27. The Bertz CT molecular complexity index is 464. The largest absolute Gasteiger partial charge is 0.466 e. The molecule has 0 saturated carbocycles. The number of rotatable bonds is 33. The minimum atomic E-state index is -0.532. The molecule has 0 spiro atoms. The van der Waals surface area contributed by atoms with Crippen molar-refractivity contribution < 1.29 is 14.6 Å². The molecule has 0 aromatic rings. The summed E-state index contributed by atoms with van der Waals surface area (Å²) in [5, 5.41) is 10.1. The molecule has 0 radical (unpaired) electrons. The molecule has 3 heteroatoms. The molecule has 0 fully saturated rings.